The van der Waals surface area contributed by atoms with Crippen molar-refractivity contribution in [2.45, 2.75) is 37.9 Å². The Kier molecular flexibility index (Phi) is 8.25. The first-order valence-electron chi connectivity index (χ1n) is 5.54. The molecule has 0 fully saturated rings. The van der Waals surface area contributed by atoms with E-state index in [1.54, 1.807) is 18.9 Å². The van der Waals surface area contributed by atoms with Crippen molar-refractivity contribution in [2.75, 3.05) is 20.2 Å². The molecule has 4 nitrogen and oxygen atoms in total. The molecule has 0 saturated heterocycles. The molecule has 0 N–H and O–H groups in total. The fourth-order valence-electron chi connectivity index (χ4n) is 1.23. The lowest BCUT2D eigenvalue weighted by molar-refractivity contribution is -0.143. The summed E-state index contributed by atoms with van der Waals surface area (Å²) >= 11 is 3.41. The molecule has 1 amide bonds. The Labute approximate surface area is 105 Å². The predicted molar refractivity (Wildman–Crippen MR) is 66.5 cm³/mol. The summed E-state index contributed by atoms with van der Waals surface area (Å²) < 4.78 is 4.84. The molecule has 0 aromatic rings. The van der Waals surface area contributed by atoms with Crippen LogP contribution >= 0.6 is 15.9 Å². The summed E-state index contributed by atoms with van der Waals surface area (Å²) in [7, 11) is 1.77. The van der Waals surface area contributed by atoms with Gasteiger partial charge in [-0.3, -0.25) is 9.59 Å². The zero-order chi connectivity index (χ0) is 12.6. The summed E-state index contributed by atoms with van der Waals surface area (Å²) in [5, 5.41) is 0. The van der Waals surface area contributed by atoms with Crippen LogP contribution in [0.3, 0.4) is 0 Å². The second-order valence-electron chi connectivity index (χ2n) is 3.56. The van der Waals surface area contributed by atoms with E-state index in [-0.39, 0.29) is 16.7 Å². The van der Waals surface area contributed by atoms with Crippen LogP contribution in [-0.4, -0.2) is 41.8 Å². The number of rotatable bonds is 7. The van der Waals surface area contributed by atoms with E-state index in [0.29, 0.717) is 26.0 Å². The molecule has 16 heavy (non-hydrogen) atoms. The molecular weight excluding hydrogens is 274 g/mol. The molecule has 0 radical (unpaired) electrons. The van der Waals surface area contributed by atoms with Crippen LogP contribution < -0.4 is 0 Å². The number of nitrogens with zero attached hydrogens (tertiary/aromatic N) is 1. The van der Waals surface area contributed by atoms with Gasteiger partial charge in [-0.25, -0.2) is 0 Å². The first-order chi connectivity index (χ1) is 7.51. The molecule has 0 aliphatic carbocycles. The maximum atomic E-state index is 11.3. The van der Waals surface area contributed by atoms with Gasteiger partial charge < -0.3 is 9.64 Å². The van der Waals surface area contributed by atoms with E-state index >= 15 is 0 Å². The maximum Gasteiger partial charge on any atom is 0.306 e. The van der Waals surface area contributed by atoms with Crippen molar-refractivity contribution < 1.29 is 14.3 Å². The van der Waals surface area contributed by atoms with Crippen LogP contribution in [0.25, 0.3) is 0 Å². The average Bonchev–Trinajstić information content (AvgIpc) is 2.24. The number of halogens is 1. The third-order valence-electron chi connectivity index (χ3n) is 2.20. The van der Waals surface area contributed by atoms with Crippen molar-refractivity contribution in [1.82, 2.24) is 4.90 Å². The molecule has 1 unspecified atom stereocenters. The van der Waals surface area contributed by atoms with Crippen molar-refractivity contribution in [2.24, 2.45) is 0 Å². The van der Waals surface area contributed by atoms with Crippen LogP contribution in [0.4, 0.5) is 0 Å². The van der Waals surface area contributed by atoms with Crippen molar-refractivity contribution in [3.8, 4) is 0 Å². The number of alkyl halides is 1. The van der Waals surface area contributed by atoms with E-state index in [0.717, 1.165) is 6.42 Å². The Morgan fingerprint density at radius 1 is 1.38 bits per heavy atom. The molecule has 0 aromatic heterocycles. The minimum atomic E-state index is -0.200. The largest absolute Gasteiger partial charge is 0.466 e. The minimum absolute atomic E-state index is 0.0682. The smallest absolute Gasteiger partial charge is 0.306 e. The normalized spacial score (nSPS) is 12.0. The fourth-order valence-corrected chi connectivity index (χ4v) is 1.70. The van der Waals surface area contributed by atoms with Gasteiger partial charge in [-0.05, 0) is 13.3 Å². The Morgan fingerprint density at radius 3 is 2.50 bits per heavy atom. The van der Waals surface area contributed by atoms with Gasteiger partial charge in [0.2, 0.25) is 5.91 Å². The van der Waals surface area contributed by atoms with E-state index in [2.05, 4.69) is 15.9 Å². The van der Waals surface area contributed by atoms with Gasteiger partial charge in [-0.15, -0.1) is 0 Å². The lowest BCUT2D eigenvalue weighted by Crippen LogP contribution is -2.28. The van der Waals surface area contributed by atoms with Gasteiger partial charge in [0.1, 0.15) is 0 Å². The van der Waals surface area contributed by atoms with Gasteiger partial charge >= 0.3 is 5.97 Å². The Hall–Kier alpha value is -0.580. The lowest BCUT2D eigenvalue weighted by Gasteiger charge is -2.18. The maximum absolute atomic E-state index is 11.3. The number of esters is 1. The van der Waals surface area contributed by atoms with Gasteiger partial charge in [-0.2, -0.15) is 0 Å². The summed E-state index contributed by atoms with van der Waals surface area (Å²) in [5.41, 5.74) is 0. The lowest BCUT2D eigenvalue weighted by atomic mass is 10.2. The quantitative estimate of drug-likeness (QED) is 0.532. The molecule has 94 valence electrons. The van der Waals surface area contributed by atoms with Gasteiger partial charge in [0, 0.05) is 24.8 Å². The van der Waals surface area contributed by atoms with Crippen LogP contribution in [-0.2, 0) is 14.3 Å². The highest BCUT2D eigenvalue weighted by molar-refractivity contribution is 9.09. The number of ether oxygens (including phenoxy) is 1. The van der Waals surface area contributed by atoms with Crippen molar-refractivity contribution in [3.05, 3.63) is 0 Å². The van der Waals surface area contributed by atoms with Gasteiger partial charge in [0.25, 0.3) is 0 Å². The summed E-state index contributed by atoms with van der Waals surface area (Å²) in [6.07, 6.45) is 1.62. The summed E-state index contributed by atoms with van der Waals surface area (Å²) in [5.74, 6) is -0.0790. The number of amides is 1. The highest BCUT2D eigenvalue weighted by atomic mass is 79.9. The standard InChI is InChI=1S/C11H20BrNO3/c1-4-10(14)13(3)7-6-9(12)8-11(15)16-5-2/h9H,4-8H2,1-3H3. The first kappa shape index (κ1) is 15.4. The van der Waals surface area contributed by atoms with Crippen LogP contribution in [0.2, 0.25) is 0 Å². The number of carbonyl (C=O) groups excluding carboxylic acids is 2. The second kappa shape index (κ2) is 8.56. The molecule has 0 spiro atoms. The number of carbonyl (C=O) groups is 2. The van der Waals surface area contributed by atoms with Crippen LogP contribution in [0.15, 0.2) is 0 Å². The molecule has 5 heteroatoms. The second-order valence-corrected chi connectivity index (χ2v) is 4.86. The number of hydrogen-bond acceptors (Lipinski definition) is 3. The topological polar surface area (TPSA) is 46.6 Å². The molecule has 1 atom stereocenters. The highest BCUT2D eigenvalue weighted by Crippen LogP contribution is 2.11. The van der Waals surface area contributed by atoms with Crippen molar-refractivity contribution >= 4 is 27.8 Å². The summed E-state index contributed by atoms with van der Waals surface area (Å²) in [4.78, 5) is 24.2. The Balaban J connectivity index is 3.76. The van der Waals surface area contributed by atoms with Gasteiger partial charge in [0.15, 0.2) is 0 Å². The van der Waals surface area contributed by atoms with Crippen LogP contribution in [0, 0.1) is 0 Å². The monoisotopic (exact) mass is 293 g/mol. The highest BCUT2D eigenvalue weighted by Gasteiger charge is 2.13. The van der Waals surface area contributed by atoms with Gasteiger partial charge in [-0.1, -0.05) is 22.9 Å². The van der Waals surface area contributed by atoms with Crippen LogP contribution in [0.1, 0.15) is 33.1 Å². The van der Waals surface area contributed by atoms with E-state index in [1.165, 1.54) is 0 Å². The number of hydrogen-bond donors (Lipinski definition) is 0. The minimum Gasteiger partial charge on any atom is -0.466 e. The third kappa shape index (κ3) is 6.82. The SMILES string of the molecule is CCOC(=O)CC(Br)CCN(C)C(=O)CC. The van der Waals surface area contributed by atoms with E-state index in [1.807, 2.05) is 6.92 Å². The molecular formula is C11H20BrNO3. The summed E-state index contributed by atoms with van der Waals surface area (Å²) in [6, 6.07) is 0. The molecule has 0 aliphatic heterocycles. The Morgan fingerprint density at radius 2 is 2.00 bits per heavy atom. The third-order valence-corrected chi connectivity index (χ3v) is 2.98. The first-order valence-corrected chi connectivity index (χ1v) is 6.46. The fraction of sp³-hybridized carbons (Fsp3) is 0.818. The van der Waals surface area contributed by atoms with E-state index < -0.39 is 0 Å². The van der Waals surface area contributed by atoms with Crippen molar-refractivity contribution in [1.29, 1.82) is 0 Å². The molecule has 0 rings (SSSR count). The zero-order valence-electron chi connectivity index (χ0n) is 10.2. The van der Waals surface area contributed by atoms with E-state index in [9.17, 15) is 9.59 Å². The molecule has 0 aromatic carbocycles. The molecule has 0 aliphatic rings. The molecule has 0 bridgehead atoms. The van der Waals surface area contributed by atoms with E-state index in [4.69, 9.17) is 4.74 Å². The van der Waals surface area contributed by atoms with Gasteiger partial charge in [0.05, 0.1) is 13.0 Å². The summed E-state index contributed by atoms with van der Waals surface area (Å²) in [6.45, 7) is 4.69. The Bertz CT molecular complexity index is 233. The van der Waals surface area contributed by atoms with Crippen LogP contribution in [0.5, 0.6) is 0 Å². The van der Waals surface area contributed by atoms with Crippen molar-refractivity contribution in [3.63, 3.8) is 0 Å². The molecule has 0 saturated carbocycles. The predicted octanol–water partition coefficient (Wildman–Crippen LogP) is 1.96. The average molecular weight is 294 g/mol. The molecule has 0 heterocycles. The zero-order valence-corrected chi connectivity index (χ0v) is 11.7.